The second-order valence-electron chi connectivity index (χ2n) is 6.53. The maximum atomic E-state index is 6.15. The van der Waals surface area contributed by atoms with Crippen LogP contribution in [0.2, 0.25) is 0 Å². The van der Waals surface area contributed by atoms with E-state index >= 15 is 0 Å². The lowest BCUT2D eigenvalue weighted by Crippen LogP contribution is -2.34. The summed E-state index contributed by atoms with van der Waals surface area (Å²) in [5.41, 5.74) is 4.15. The summed E-state index contributed by atoms with van der Waals surface area (Å²) in [7, 11) is 0. The molecule has 0 aromatic heterocycles. The maximum Gasteiger partial charge on any atom is 0.127 e. The minimum absolute atomic E-state index is 0.310. The normalized spacial score (nSPS) is 26.2. The van der Waals surface area contributed by atoms with E-state index in [1.165, 1.54) is 29.5 Å². The molecule has 104 valence electrons. The van der Waals surface area contributed by atoms with Crippen LogP contribution < -0.4 is 10.1 Å². The standard InChI is InChI=1S/C17H25NO/c1-10(2)14-8-5-11(3)17-16(14)15(9-12(4)19-17)18-13-6-7-13/h5,8,10,12-13,15,18H,6-7,9H2,1-4H3. The van der Waals surface area contributed by atoms with Gasteiger partial charge in [-0.3, -0.25) is 0 Å². The van der Waals surface area contributed by atoms with Crippen LogP contribution in [0, 0.1) is 6.92 Å². The van der Waals surface area contributed by atoms with Crippen LogP contribution in [0.1, 0.15) is 68.7 Å². The predicted molar refractivity (Wildman–Crippen MR) is 78.9 cm³/mol. The van der Waals surface area contributed by atoms with Crippen LogP contribution in [0.4, 0.5) is 0 Å². The second kappa shape index (κ2) is 4.82. The van der Waals surface area contributed by atoms with Gasteiger partial charge < -0.3 is 10.1 Å². The van der Waals surface area contributed by atoms with Crippen LogP contribution in [0.25, 0.3) is 0 Å². The molecule has 2 unspecified atom stereocenters. The van der Waals surface area contributed by atoms with E-state index in [1.807, 2.05) is 0 Å². The zero-order valence-corrected chi connectivity index (χ0v) is 12.5. The van der Waals surface area contributed by atoms with Gasteiger partial charge in [-0.2, -0.15) is 0 Å². The Kier molecular flexibility index (Phi) is 3.30. The summed E-state index contributed by atoms with van der Waals surface area (Å²) in [6, 6.07) is 5.72. The van der Waals surface area contributed by atoms with E-state index in [4.69, 9.17) is 4.74 Å². The summed E-state index contributed by atoms with van der Waals surface area (Å²) in [5.74, 6) is 1.69. The molecule has 0 saturated heterocycles. The Balaban J connectivity index is 2.05. The van der Waals surface area contributed by atoms with Crippen molar-refractivity contribution in [3.63, 3.8) is 0 Å². The summed E-state index contributed by atoms with van der Waals surface area (Å²) in [6.07, 6.45) is 4.07. The molecule has 2 atom stereocenters. The fraction of sp³-hybridized carbons (Fsp3) is 0.647. The van der Waals surface area contributed by atoms with Gasteiger partial charge in [0.1, 0.15) is 5.75 Å². The van der Waals surface area contributed by atoms with Crippen LogP contribution >= 0.6 is 0 Å². The molecular weight excluding hydrogens is 234 g/mol. The first-order valence-electron chi connectivity index (χ1n) is 7.62. The van der Waals surface area contributed by atoms with E-state index in [2.05, 4.69) is 45.1 Å². The first-order valence-corrected chi connectivity index (χ1v) is 7.62. The lowest BCUT2D eigenvalue weighted by atomic mass is 9.86. The molecular formula is C17H25NO. The van der Waals surface area contributed by atoms with Crippen LogP contribution in [0.3, 0.4) is 0 Å². The molecule has 1 aliphatic heterocycles. The van der Waals surface area contributed by atoms with Crippen LogP contribution in [0.5, 0.6) is 5.75 Å². The zero-order valence-electron chi connectivity index (χ0n) is 12.5. The van der Waals surface area contributed by atoms with E-state index in [-0.39, 0.29) is 0 Å². The molecule has 2 aliphatic rings. The van der Waals surface area contributed by atoms with Gasteiger partial charge in [0.05, 0.1) is 6.10 Å². The molecule has 2 heteroatoms. The monoisotopic (exact) mass is 259 g/mol. The van der Waals surface area contributed by atoms with E-state index in [9.17, 15) is 0 Å². The molecule has 0 amide bonds. The number of rotatable bonds is 3. The molecule has 1 N–H and O–H groups in total. The van der Waals surface area contributed by atoms with Crippen molar-refractivity contribution < 1.29 is 4.74 Å². The van der Waals surface area contributed by atoms with E-state index < -0.39 is 0 Å². The molecule has 19 heavy (non-hydrogen) atoms. The Morgan fingerprint density at radius 2 is 2.00 bits per heavy atom. The number of ether oxygens (including phenoxy) is 1. The van der Waals surface area contributed by atoms with Gasteiger partial charge in [0, 0.05) is 24.1 Å². The highest BCUT2D eigenvalue weighted by Crippen LogP contribution is 2.43. The Morgan fingerprint density at radius 3 is 2.63 bits per heavy atom. The molecule has 2 nitrogen and oxygen atoms in total. The zero-order chi connectivity index (χ0) is 13.6. The Bertz CT molecular complexity index is 476. The fourth-order valence-corrected chi connectivity index (χ4v) is 3.13. The molecule has 1 aromatic rings. The Labute approximate surface area is 116 Å². The number of aryl methyl sites for hydroxylation is 1. The second-order valence-corrected chi connectivity index (χ2v) is 6.53. The third-order valence-electron chi connectivity index (χ3n) is 4.30. The highest BCUT2D eigenvalue weighted by Gasteiger charge is 2.33. The summed E-state index contributed by atoms with van der Waals surface area (Å²) in [6.45, 7) is 8.90. The number of hydrogen-bond donors (Lipinski definition) is 1. The first kappa shape index (κ1) is 13.0. The summed E-state index contributed by atoms with van der Waals surface area (Å²) in [4.78, 5) is 0. The summed E-state index contributed by atoms with van der Waals surface area (Å²) < 4.78 is 6.15. The lowest BCUT2D eigenvalue weighted by Gasteiger charge is -2.34. The van der Waals surface area contributed by atoms with Gasteiger partial charge in [0.15, 0.2) is 0 Å². The van der Waals surface area contributed by atoms with Gasteiger partial charge in [-0.05, 0) is 43.7 Å². The molecule has 0 spiro atoms. The van der Waals surface area contributed by atoms with Crippen molar-refractivity contribution >= 4 is 0 Å². The van der Waals surface area contributed by atoms with Crippen LogP contribution in [-0.2, 0) is 0 Å². The quantitative estimate of drug-likeness (QED) is 0.883. The van der Waals surface area contributed by atoms with Gasteiger partial charge in [-0.25, -0.2) is 0 Å². The summed E-state index contributed by atoms with van der Waals surface area (Å²) in [5, 5.41) is 3.82. The van der Waals surface area contributed by atoms with Crippen molar-refractivity contribution in [1.82, 2.24) is 5.32 Å². The van der Waals surface area contributed by atoms with Gasteiger partial charge in [0.2, 0.25) is 0 Å². The SMILES string of the molecule is Cc1ccc(C(C)C)c2c1OC(C)CC2NC1CC1. The van der Waals surface area contributed by atoms with Crippen LogP contribution in [-0.4, -0.2) is 12.1 Å². The molecule has 1 saturated carbocycles. The number of benzene rings is 1. The van der Waals surface area contributed by atoms with E-state index in [1.54, 1.807) is 0 Å². The average molecular weight is 259 g/mol. The highest BCUT2D eigenvalue weighted by atomic mass is 16.5. The third kappa shape index (κ3) is 2.51. The average Bonchev–Trinajstić information content (AvgIpc) is 3.14. The van der Waals surface area contributed by atoms with Crippen molar-refractivity contribution in [3.8, 4) is 5.75 Å². The maximum absolute atomic E-state index is 6.15. The molecule has 1 fully saturated rings. The fourth-order valence-electron chi connectivity index (χ4n) is 3.13. The summed E-state index contributed by atoms with van der Waals surface area (Å²) >= 11 is 0. The molecule has 1 aromatic carbocycles. The lowest BCUT2D eigenvalue weighted by molar-refractivity contribution is 0.163. The first-order chi connectivity index (χ1) is 9.06. The molecule has 0 bridgehead atoms. The number of hydrogen-bond acceptors (Lipinski definition) is 2. The number of fused-ring (bicyclic) bond motifs is 1. The topological polar surface area (TPSA) is 21.3 Å². The molecule has 0 radical (unpaired) electrons. The largest absolute Gasteiger partial charge is 0.490 e. The van der Waals surface area contributed by atoms with Crippen molar-refractivity contribution in [3.05, 3.63) is 28.8 Å². The number of nitrogens with one attached hydrogen (secondary N) is 1. The third-order valence-corrected chi connectivity index (χ3v) is 4.30. The van der Waals surface area contributed by atoms with Crippen molar-refractivity contribution in [2.75, 3.05) is 0 Å². The minimum Gasteiger partial charge on any atom is -0.490 e. The molecule has 1 heterocycles. The molecule has 1 aliphatic carbocycles. The van der Waals surface area contributed by atoms with Gasteiger partial charge in [0.25, 0.3) is 0 Å². The van der Waals surface area contributed by atoms with Gasteiger partial charge in [-0.15, -0.1) is 0 Å². The van der Waals surface area contributed by atoms with Gasteiger partial charge in [-0.1, -0.05) is 26.0 Å². The smallest absolute Gasteiger partial charge is 0.127 e. The molecule has 3 rings (SSSR count). The van der Waals surface area contributed by atoms with Crippen molar-refractivity contribution in [2.45, 2.75) is 71.1 Å². The van der Waals surface area contributed by atoms with E-state index in [0.29, 0.717) is 18.1 Å². The Hall–Kier alpha value is -1.02. The predicted octanol–water partition coefficient (Wildman–Crippen LogP) is 4.08. The Morgan fingerprint density at radius 1 is 1.26 bits per heavy atom. The van der Waals surface area contributed by atoms with Crippen LogP contribution in [0.15, 0.2) is 12.1 Å². The highest BCUT2D eigenvalue weighted by molar-refractivity contribution is 5.50. The minimum atomic E-state index is 0.310. The van der Waals surface area contributed by atoms with Crippen molar-refractivity contribution in [1.29, 1.82) is 0 Å². The van der Waals surface area contributed by atoms with Gasteiger partial charge >= 0.3 is 0 Å². The van der Waals surface area contributed by atoms with Crippen molar-refractivity contribution in [2.24, 2.45) is 0 Å². The van der Waals surface area contributed by atoms with E-state index in [0.717, 1.165) is 18.2 Å².